The van der Waals surface area contributed by atoms with Gasteiger partial charge in [0.2, 0.25) is 5.91 Å². The molecule has 2 aromatic carbocycles. The summed E-state index contributed by atoms with van der Waals surface area (Å²) in [5.74, 6) is -2.63. The fraction of sp³-hybridized carbons (Fsp3) is 0.250. The minimum absolute atomic E-state index is 0.0327. The molecule has 10 heteroatoms. The number of carbonyl (C=O) groups is 2. The Morgan fingerprint density at radius 1 is 1.15 bits per heavy atom. The van der Waals surface area contributed by atoms with E-state index in [1.165, 1.54) is 0 Å². The van der Waals surface area contributed by atoms with Gasteiger partial charge in [-0.05, 0) is 29.7 Å². The molecule has 34 heavy (non-hydrogen) atoms. The van der Waals surface area contributed by atoms with E-state index >= 15 is 0 Å². The molecule has 0 spiro atoms. The van der Waals surface area contributed by atoms with Crippen LogP contribution in [0.2, 0.25) is 0 Å². The van der Waals surface area contributed by atoms with Crippen LogP contribution in [-0.2, 0) is 9.59 Å². The third kappa shape index (κ3) is 6.93. The number of carboxylic acid groups (broad SMARTS) is 1. The zero-order valence-corrected chi connectivity index (χ0v) is 18.3. The summed E-state index contributed by atoms with van der Waals surface area (Å²) in [5.41, 5.74) is 2.26. The van der Waals surface area contributed by atoms with Gasteiger partial charge in [0.25, 0.3) is 0 Å². The van der Waals surface area contributed by atoms with Gasteiger partial charge in [0.05, 0.1) is 17.7 Å². The van der Waals surface area contributed by atoms with Gasteiger partial charge >= 0.3 is 12.1 Å². The molecule has 1 atom stereocenters. The van der Waals surface area contributed by atoms with Gasteiger partial charge in [-0.15, -0.1) is 0 Å². The van der Waals surface area contributed by atoms with Gasteiger partial charge in [0.1, 0.15) is 11.3 Å². The Labute approximate surface area is 193 Å². The van der Waals surface area contributed by atoms with E-state index in [4.69, 9.17) is 9.90 Å². The van der Waals surface area contributed by atoms with Crippen LogP contribution in [0.4, 0.5) is 13.2 Å². The number of fused-ring (bicyclic) bond motifs is 1. The number of halogens is 3. The number of hydrogen-bond acceptors (Lipinski definition) is 5. The number of aromatic nitrogens is 1. The van der Waals surface area contributed by atoms with E-state index in [0.29, 0.717) is 23.1 Å². The van der Waals surface area contributed by atoms with Crippen LogP contribution in [0.3, 0.4) is 0 Å². The second-order valence-electron chi connectivity index (χ2n) is 7.72. The van der Waals surface area contributed by atoms with E-state index in [1.807, 2.05) is 32.0 Å². The van der Waals surface area contributed by atoms with Crippen molar-refractivity contribution in [3.05, 3.63) is 71.4 Å². The molecule has 0 aliphatic carbocycles. The third-order valence-corrected chi connectivity index (χ3v) is 4.58. The molecule has 0 aliphatic heterocycles. The summed E-state index contributed by atoms with van der Waals surface area (Å²) < 4.78 is 31.7. The van der Waals surface area contributed by atoms with Crippen LogP contribution >= 0.6 is 0 Å². The van der Waals surface area contributed by atoms with Crippen LogP contribution in [0.25, 0.3) is 10.9 Å². The topological polar surface area (TPSA) is 123 Å². The van der Waals surface area contributed by atoms with Gasteiger partial charge in [0.15, 0.2) is 0 Å². The van der Waals surface area contributed by atoms with E-state index in [0.717, 1.165) is 10.9 Å². The second-order valence-corrected chi connectivity index (χ2v) is 7.72. The van der Waals surface area contributed by atoms with E-state index in [1.54, 1.807) is 36.5 Å². The smallest absolute Gasteiger partial charge is 0.490 e. The van der Waals surface area contributed by atoms with Gasteiger partial charge in [-0.1, -0.05) is 44.2 Å². The molecule has 1 heterocycles. The monoisotopic (exact) mass is 473 g/mol. The van der Waals surface area contributed by atoms with Gasteiger partial charge < -0.3 is 15.5 Å². The zero-order chi connectivity index (χ0) is 25.5. The number of phenols is 1. The van der Waals surface area contributed by atoms with Crippen LogP contribution in [0.5, 0.6) is 5.75 Å². The lowest BCUT2D eigenvalue weighted by Crippen LogP contribution is -2.30. The predicted octanol–water partition coefficient (Wildman–Crippen LogP) is 4.70. The second kappa shape index (κ2) is 11.1. The molecule has 0 radical (unpaired) electrons. The maximum Gasteiger partial charge on any atom is 0.490 e. The van der Waals surface area contributed by atoms with Crippen molar-refractivity contribution in [3.63, 3.8) is 0 Å². The Kier molecular flexibility index (Phi) is 8.56. The Balaban J connectivity index is 0.000000509. The number of alkyl halides is 3. The van der Waals surface area contributed by atoms with Crippen molar-refractivity contribution in [2.45, 2.75) is 32.5 Å². The first-order valence-corrected chi connectivity index (χ1v) is 10.1. The molecule has 0 saturated carbocycles. The fourth-order valence-corrected chi connectivity index (χ4v) is 3.10. The highest BCUT2D eigenvalue weighted by Gasteiger charge is 2.38. The quantitative estimate of drug-likeness (QED) is 0.494. The van der Waals surface area contributed by atoms with Crippen molar-refractivity contribution in [2.24, 2.45) is 5.92 Å². The number of carbonyl (C=O) groups excluding carboxylic acids is 1. The first kappa shape index (κ1) is 26.1. The van der Waals surface area contributed by atoms with Crippen molar-refractivity contribution in [1.29, 1.82) is 5.26 Å². The number of carboxylic acids is 1. The number of benzene rings is 2. The van der Waals surface area contributed by atoms with Gasteiger partial charge in [-0.2, -0.15) is 18.4 Å². The fourth-order valence-electron chi connectivity index (χ4n) is 3.10. The average Bonchev–Trinajstić information content (AvgIpc) is 2.77. The first-order chi connectivity index (χ1) is 15.9. The van der Waals surface area contributed by atoms with Crippen LogP contribution in [0.15, 0.2) is 54.7 Å². The summed E-state index contributed by atoms with van der Waals surface area (Å²) in [7, 11) is 0. The number of nitriles is 1. The summed E-state index contributed by atoms with van der Waals surface area (Å²) in [5, 5.41) is 31.0. The van der Waals surface area contributed by atoms with Crippen molar-refractivity contribution in [1.82, 2.24) is 10.3 Å². The molecular weight excluding hydrogens is 451 g/mol. The summed E-state index contributed by atoms with van der Waals surface area (Å²) in [6, 6.07) is 15.9. The van der Waals surface area contributed by atoms with Gasteiger partial charge in [0, 0.05) is 23.6 Å². The van der Waals surface area contributed by atoms with E-state index in [9.17, 15) is 28.3 Å². The van der Waals surface area contributed by atoms with E-state index < -0.39 is 18.2 Å². The Morgan fingerprint density at radius 3 is 2.41 bits per heavy atom. The number of phenolic OH excluding ortho intramolecular Hbond substituents is 1. The normalized spacial score (nSPS) is 11.8. The minimum Gasteiger partial charge on any atom is -0.505 e. The number of aromatic hydroxyl groups is 1. The predicted molar refractivity (Wildman–Crippen MR) is 118 cm³/mol. The largest absolute Gasteiger partial charge is 0.505 e. The molecular formula is C24H22F3N3O4. The molecule has 3 aromatic rings. The Morgan fingerprint density at radius 2 is 1.82 bits per heavy atom. The van der Waals surface area contributed by atoms with Crippen molar-refractivity contribution in [3.8, 4) is 11.8 Å². The molecule has 1 aromatic heterocycles. The number of nitrogens with one attached hydrogen (secondary N) is 1. The lowest BCUT2D eigenvalue weighted by atomic mass is 9.94. The molecule has 0 bridgehead atoms. The maximum atomic E-state index is 12.5. The first-order valence-electron chi connectivity index (χ1n) is 10.1. The zero-order valence-electron chi connectivity index (χ0n) is 18.3. The number of amides is 1. The summed E-state index contributed by atoms with van der Waals surface area (Å²) in [6.45, 7) is 3.95. The molecule has 0 fully saturated rings. The molecule has 3 N–H and O–H groups in total. The number of pyridine rings is 1. The highest BCUT2D eigenvalue weighted by atomic mass is 19.4. The molecule has 1 amide bonds. The Hall–Kier alpha value is -4.13. The molecule has 0 aliphatic rings. The average molecular weight is 473 g/mol. The lowest BCUT2D eigenvalue weighted by Gasteiger charge is -2.22. The van der Waals surface area contributed by atoms with Crippen LogP contribution < -0.4 is 5.32 Å². The molecule has 7 nitrogen and oxygen atoms in total. The summed E-state index contributed by atoms with van der Waals surface area (Å²) in [4.78, 5) is 25.6. The lowest BCUT2D eigenvalue weighted by molar-refractivity contribution is -0.192. The Bertz CT molecular complexity index is 1220. The van der Waals surface area contributed by atoms with Gasteiger partial charge in [-0.25, -0.2) is 4.79 Å². The molecule has 1 unspecified atom stereocenters. The number of hydrogen-bond donors (Lipinski definition) is 3. The molecule has 0 saturated heterocycles. The molecule has 178 valence electrons. The van der Waals surface area contributed by atoms with Crippen molar-refractivity contribution >= 4 is 22.8 Å². The summed E-state index contributed by atoms with van der Waals surface area (Å²) >= 11 is 0. The minimum atomic E-state index is -5.08. The maximum absolute atomic E-state index is 12.5. The van der Waals surface area contributed by atoms with E-state index in [2.05, 4.69) is 16.4 Å². The third-order valence-electron chi connectivity index (χ3n) is 4.58. The SMILES string of the molecule is CC(C)CC(=O)NC(c1cccc(C#N)c1)c1ccc2cccnc2c1O.O=C(O)C(F)(F)F. The van der Waals surface area contributed by atoms with Crippen LogP contribution in [0.1, 0.15) is 43.0 Å². The highest BCUT2D eigenvalue weighted by molar-refractivity contribution is 5.86. The van der Waals surface area contributed by atoms with Crippen molar-refractivity contribution in [2.75, 3.05) is 0 Å². The van der Waals surface area contributed by atoms with Crippen molar-refractivity contribution < 1.29 is 33.0 Å². The van der Waals surface area contributed by atoms with E-state index in [-0.39, 0.29) is 17.6 Å². The number of aliphatic carboxylic acids is 1. The van der Waals surface area contributed by atoms with Gasteiger partial charge in [-0.3, -0.25) is 9.78 Å². The number of rotatable bonds is 5. The standard InChI is InChI=1S/C22H21N3O2.C2HF3O2/c1-14(2)11-19(26)25-20(17-6-3-5-15(12-17)13-23)18-9-8-16-7-4-10-24-21(16)22(18)27;3-2(4,5)1(6)7/h3-10,12,14,20,27H,11H2,1-2H3,(H,25,26);(H,6,7). The summed E-state index contributed by atoms with van der Waals surface area (Å²) in [6.07, 6.45) is -3.09. The van der Waals surface area contributed by atoms with Crippen LogP contribution in [-0.4, -0.2) is 33.2 Å². The molecule has 3 rings (SSSR count). The van der Waals surface area contributed by atoms with Crippen LogP contribution in [0, 0.1) is 17.2 Å². The highest BCUT2D eigenvalue weighted by Crippen LogP contribution is 2.34. The number of nitrogens with zero attached hydrogens (tertiary/aromatic N) is 2.